The van der Waals surface area contributed by atoms with E-state index in [-0.39, 0.29) is 0 Å². The van der Waals surface area contributed by atoms with Crippen molar-refractivity contribution < 1.29 is 4.74 Å². The maximum absolute atomic E-state index is 5.51. The third-order valence-electron chi connectivity index (χ3n) is 3.37. The largest absolute Gasteiger partial charge is 0.370 e. The van der Waals surface area contributed by atoms with Crippen molar-refractivity contribution in [2.24, 2.45) is 11.8 Å². The lowest BCUT2D eigenvalue weighted by Gasteiger charge is -2.25. The summed E-state index contributed by atoms with van der Waals surface area (Å²) >= 11 is 0. The zero-order valence-corrected chi connectivity index (χ0v) is 7.96. The smallest absolute Gasteiger partial charge is 0.0844 e. The molecule has 0 aromatic heterocycles. The number of hydrogen-bond donors (Lipinski definition) is 0. The maximum Gasteiger partial charge on any atom is 0.0844 e. The van der Waals surface area contributed by atoms with Gasteiger partial charge in [-0.1, -0.05) is 19.8 Å². The van der Waals surface area contributed by atoms with E-state index in [9.17, 15) is 0 Å². The number of rotatable bonds is 3. The van der Waals surface area contributed by atoms with E-state index < -0.39 is 0 Å². The van der Waals surface area contributed by atoms with E-state index in [0.29, 0.717) is 18.1 Å². The molecular weight excluding hydrogens is 148 g/mol. The van der Waals surface area contributed by atoms with E-state index in [1.54, 1.807) is 0 Å². The molecule has 1 aliphatic heterocycles. The van der Waals surface area contributed by atoms with Gasteiger partial charge in [-0.3, -0.25) is 0 Å². The maximum atomic E-state index is 5.51. The zero-order chi connectivity index (χ0) is 8.55. The van der Waals surface area contributed by atoms with Crippen LogP contribution < -0.4 is 0 Å². The monoisotopic (exact) mass is 167 g/mol. The summed E-state index contributed by atoms with van der Waals surface area (Å²) in [6, 6.07) is 0. The second-order valence-corrected chi connectivity index (χ2v) is 4.33. The lowest BCUT2D eigenvalue weighted by atomic mass is 9.79. The van der Waals surface area contributed by atoms with Crippen molar-refractivity contribution in [3.8, 4) is 0 Å². The molecule has 1 saturated carbocycles. The highest BCUT2D eigenvalue weighted by Gasteiger charge is 2.44. The molecule has 1 saturated heterocycles. The summed E-state index contributed by atoms with van der Waals surface area (Å²) < 4.78 is 5.51. The number of epoxide rings is 1. The number of hydrogen-bond acceptors (Lipinski definition) is 1. The van der Waals surface area contributed by atoms with Crippen molar-refractivity contribution in [2.45, 2.75) is 51.2 Å². The fourth-order valence-electron chi connectivity index (χ4n) is 2.47. The highest BCUT2D eigenvalue weighted by molar-refractivity contribution is 4.93. The van der Waals surface area contributed by atoms with Crippen LogP contribution >= 0.6 is 0 Å². The summed E-state index contributed by atoms with van der Waals surface area (Å²) in [6.45, 7) is 6.50. The van der Waals surface area contributed by atoms with E-state index >= 15 is 0 Å². The average molecular weight is 167 g/mol. The van der Waals surface area contributed by atoms with Crippen molar-refractivity contribution >= 4 is 0 Å². The Labute approximate surface area is 75.5 Å². The normalized spacial score (nSPS) is 42.0. The third kappa shape index (κ3) is 1.66. The van der Waals surface area contributed by atoms with E-state index in [4.69, 9.17) is 4.74 Å². The fraction of sp³-hybridized carbons (Fsp3) is 0.909. The SMILES string of the molecule is [CH2]C(CCC)C1CCC2OC2C1. The zero-order valence-electron chi connectivity index (χ0n) is 7.96. The topological polar surface area (TPSA) is 12.5 Å². The van der Waals surface area contributed by atoms with Crippen LogP contribution in [0.1, 0.15) is 39.0 Å². The van der Waals surface area contributed by atoms with E-state index in [2.05, 4.69) is 13.8 Å². The number of ether oxygens (including phenoxy) is 1. The minimum atomic E-state index is 0.629. The van der Waals surface area contributed by atoms with Gasteiger partial charge in [0.2, 0.25) is 0 Å². The Hall–Kier alpha value is -0.0400. The summed E-state index contributed by atoms with van der Waals surface area (Å²) in [6.07, 6.45) is 7.79. The number of fused-ring (bicyclic) bond motifs is 1. The van der Waals surface area contributed by atoms with Gasteiger partial charge in [0, 0.05) is 0 Å². The molecule has 1 aliphatic carbocycles. The van der Waals surface area contributed by atoms with Gasteiger partial charge in [0.05, 0.1) is 12.2 Å². The Morgan fingerprint density at radius 2 is 2.25 bits per heavy atom. The molecule has 0 bridgehead atoms. The average Bonchev–Trinajstić information content (AvgIpc) is 2.81. The fourth-order valence-corrected chi connectivity index (χ4v) is 2.47. The predicted octanol–water partition coefficient (Wildman–Crippen LogP) is 2.80. The Morgan fingerprint density at radius 3 is 2.92 bits per heavy atom. The Morgan fingerprint density at radius 1 is 1.42 bits per heavy atom. The molecule has 2 aliphatic rings. The molecule has 4 unspecified atom stereocenters. The molecule has 0 N–H and O–H groups in total. The van der Waals surface area contributed by atoms with Crippen LogP contribution in [0.25, 0.3) is 0 Å². The van der Waals surface area contributed by atoms with Crippen LogP contribution in [0.2, 0.25) is 0 Å². The molecule has 12 heavy (non-hydrogen) atoms. The molecule has 2 rings (SSSR count). The van der Waals surface area contributed by atoms with E-state index in [1.165, 1.54) is 32.1 Å². The Bertz CT molecular complexity index is 155. The van der Waals surface area contributed by atoms with Gasteiger partial charge in [0.25, 0.3) is 0 Å². The first-order chi connectivity index (χ1) is 5.81. The first-order valence-corrected chi connectivity index (χ1v) is 5.29. The summed E-state index contributed by atoms with van der Waals surface area (Å²) in [4.78, 5) is 0. The van der Waals surface area contributed by atoms with Crippen molar-refractivity contribution in [3.63, 3.8) is 0 Å². The minimum Gasteiger partial charge on any atom is -0.370 e. The van der Waals surface area contributed by atoms with Crippen LogP contribution in [-0.2, 0) is 4.74 Å². The second-order valence-electron chi connectivity index (χ2n) is 4.33. The lowest BCUT2D eigenvalue weighted by Crippen LogP contribution is -2.19. The van der Waals surface area contributed by atoms with E-state index in [0.717, 1.165) is 5.92 Å². The Kier molecular flexibility index (Phi) is 2.40. The second kappa shape index (κ2) is 3.37. The van der Waals surface area contributed by atoms with Gasteiger partial charge in [-0.05, 0) is 38.0 Å². The Balaban J connectivity index is 1.79. The van der Waals surface area contributed by atoms with Crippen LogP contribution in [0.15, 0.2) is 0 Å². The van der Waals surface area contributed by atoms with Crippen LogP contribution in [0.3, 0.4) is 0 Å². The molecule has 1 nitrogen and oxygen atoms in total. The first kappa shape index (κ1) is 8.55. The van der Waals surface area contributed by atoms with Gasteiger partial charge in [-0.15, -0.1) is 0 Å². The molecule has 0 aromatic carbocycles. The van der Waals surface area contributed by atoms with Crippen LogP contribution in [0.4, 0.5) is 0 Å². The summed E-state index contributed by atoms with van der Waals surface area (Å²) in [7, 11) is 0. The molecule has 2 fully saturated rings. The van der Waals surface area contributed by atoms with Crippen molar-refractivity contribution in [2.75, 3.05) is 0 Å². The first-order valence-electron chi connectivity index (χ1n) is 5.29. The third-order valence-corrected chi connectivity index (χ3v) is 3.37. The quantitative estimate of drug-likeness (QED) is 0.589. The molecule has 4 atom stereocenters. The molecule has 0 amide bonds. The molecule has 0 spiro atoms. The van der Waals surface area contributed by atoms with Crippen molar-refractivity contribution in [3.05, 3.63) is 6.92 Å². The van der Waals surface area contributed by atoms with Crippen LogP contribution in [0.5, 0.6) is 0 Å². The van der Waals surface area contributed by atoms with Gasteiger partial charge in [-0.2, -0.15) is 0 Å². The van der Waals surface area contributed by atoms with Crippen LogP contribution in [-0.4, -0.2) is 12.2 Å². The van der Waals surface area contributed by atoms with Gasteiger partial charge in [-0.25, -0.2) is 0 Å². The highest BCUT2D eigenvalue weighted by atomic mass is 16.6. The van der Waals surface area contributed by atoms with Gasteiger partial charge >= 0.3 is 0 Å². The summed E-state index contributed by atoms with van der Waals surface area (Å²) in [5.41, 5.74) is 0. The molecule has 1 heterocycles. The molecule has 0 aromatic rings. The van der Waals surface area contributed by atoms with Crippen LogP contribution in [0, 0.1) is 18.8 Å². The minimum absolute atomic E-state index is 0.629. The standard InChI is InChI=1S/C11H19O/c1-3-4-8(2)9-5-6-10-11(7-9)12-10/h8-11H,2-7H2,1H3. The molecule has 69 valence electrons. The van der Waals surface area contributed by atoms with Gasteiger partial charge in [0.1, 0.15) is 0 Å². The summed E-state index contributed by atoms with van der Waals surface area (Å²) in [5, 5.41) is 0. The molecular formula is C11H19O. The molecule has 1 radical (unpaired) electrons. The van der Waals surface area contributed by atoms with Crippen molar-refractivity contribution in [1.82, 2.24) is 0 Å². The highest BCUT2D eigenvalue weighted by Crippen LogP contribution is 2.42. The lowest BCUT2D eigenvalue weighted by molar-refractivity contribution is 0.289. The van der Waals surface area contributed by atoms with E-state index in [1.807, 2.05) is 0 Å². The predicted molar refractivity (Wildman–Crippen MR) is 49.8 cm³/mol. The van der Waals surface area contributed by atoms with Gasteiger partial charge < -0.3 is 4.74 Å². The van der Waals surface area contributed by atoms with Gasteiger partial charge in [0.15, 0.2) is 0 Å². The molecule has 1 heteroatoms. The summed E-state index contributed by atoms with van der Waals surface area (Å²) in [5.74, 6) is 1.54. The van der Waals surface area contributed by atoms with Crippen molar-refractivity contribution in [1.29, 1.82) is 0 Å².